The van der Waals surface area contributed by atoms with Gasteiger partial charge in [-0.1, -0.05) is 20.8 Å². The summed E-state index contributed by atoms with van der Waals surface area (Å²) in [5, 5.41) is 0. The third-order valence-electron chi connectivity index (χ3n) is 2.63. The Bertz CT molecular complexity index is 383. The quantitative estimate of drug-likeness (QED) is 0.820. The Morgan fingerprint density at radius 2 is 1.76 bits per heavy atom. The van der Waals surface area contributed by atoms with E-state index in [1.165, 1.54) is 0 Å². The van der Waals surface area contributed by atoms with E-state index in [4.69, 9.17) is 20.2 Å². The summed E-state index contributed by atoms with van der Waals surface area (Å²) in [5.41, 5.74) is 1.93. The molecule has 4 nitrogen and oxygen atoms in total. The molecule has 1 aromatic rings. The van der Waals surface area contributed by atoms with Crippen LogP contribution in [0.25, 0.3) is 0 Å². The third kappa shape index (κ3) is 3.11. The average Bonchev–Trinajstić information content (AvgIpc) is 2.27. The van der Waals surface area contributed by atoms with E-state index in [0.717, 1.165) is 22.6 Å². The summed E-state index contributed by atoms with van der Waals surface area (Å²) < 4.78 is 10.7. The summed E-state index contributed by atoms with van der Waals surface area (Å²) >= 11 is 0. The number of hydrogen-bond acceptors (Lipinski definition) is 4. The van der Waals surface area contributed by atoms with Crippen LogP contribution in [0.5, 0.6) is 11.5 Å². The van der Waals surface area contributed by atoms with Crippen LogP contribution in [-0.2, 0) is 16.9 Å². The van der Waals surface area contributed by atoms with E-state index in [0.29, 0.717) is 6.61 Å². The second kappa shape index (κ2) is 5.38. The minimum Gasteiger partial charge on any atom is -0.497 e. The highest BCUT2D eigenvalue weighted by molar-refractivity contribution is 5.50. The second-order valence-corrected chi connectivity index (χ2v) is 4.93. The predicted molar refractivity (Wildman–Crippen MR) is 67.2 cm³/mol. The highest BCUT2D eigenvalue weighted by Gasteiger charge is 2.22. The van der Waals surface area contributed by atoms with Crippen LogP contribution in [0, 0.1) is 0 Å². The van der Waals surface area contributed by atoms with Gasteiger partial charge in [0, 0.05) is 11.1 Å². The molecule has 0 unspecified atom stereocenters. The van der Waals surface area contributed by atoms with Gasteiger partial charge in [0.05, 0.1) is 20.8 Å². The Labute approximate surface area is 103 Å². The number of methoxy groups -OCH3 is 2. The first-order chi connectivity index (χ1) is 7.93. The largest absolute Gasteiger partial charge is 0.497 e. The van der Waals surface area contributed by atoms with Crippen LogP contribution in [-0.4, -0.2) is 14.2 Å². The van der Waals surface area contributed by atoms with E-state index >= 15 is 0 Å². The van der Waals surface area contributed by atoms with Crippen LogP contribution in [0.2, 0.25) is 0 Å². The molecule has 4 heteroatoms. The maximum atomic E-state index is 5.46. The van der Waals surface area contributed by atoms with E-state index in [2.05, 4.69) is 20.8 Å². The van der Waals surface area contributed by atoms with Crippen molar-refractivity contribution in [3.63, 3.8) is 0 Å². The summed E-state index contributed by atoms with van der Waals surface area (Å²) in [4.78, 5) is 4.70. The van der Waals surface area contributed by atoms with Gasteiger partial charge in [0.2, 0.25) is 0 Å². The zero-order chi connectivity index (χ0) is 13.1. The van der Waals surface area contributed by atoms with E-state index in [1.807, 2.05) is 12.1 Å². The molecule has 0 amide bonds. The minimum absolute atomic E-state index is 0.0385. The van der Waals surface area contributed by atoms with Gasteiger partial charge in [0.1, 0.15) is 11.5 Å². The van der Waals surface area contributed by atoms with E-state index in [9.17, 15) is 0 Å². The molecule has 96 valence electrons. The Morgan fingerprint density at radius 1 is 1.12 bits per heavy atom. The lowest BCUT2D eigenvalue weighted by molar-refractivity contribution is 0.121. The Balaban J connectivity index is 3.39. The SMILES string of the molecule is COc1cc(CON)c(OC)c(C(C)(C)C)c1. The van der Waals surface area contributed by atoms with E-state index in [1.54, 1.807) is 14.2 Å². The van der Waals surface area contributed by atoms with Crippen molar-refractivity contribution in [2.45, 2.75) is 32.8 Å². The van der Waals surface area contributed by atoms with Crippen molar-refractivity contribution in [3.8, 4) is 11.5 Å². The summed E-state index contributed by atoms with van der Waals surface area (Å²) in [6.45, 7) is 6.66. The van der Waals surface area contributed by atoms with Crippen molar-refractivity contribution < 1.29 is 14.3 Å². The second-order valence-electron chi connectivity index (χ2n) is 4.93. The highest BCUT2D eigenvalue weighted by Crippen LogP contribution is 2.37. The van der Waals surface area contributed by atoms with E-state index in [-0.39, 0.29) is 5.41 Å². The summed E-state index contributed by atoms with van der Waals surface area (Å²) in [6.07, 6.45) is 0. The molecule has 0 heterocycles. The fourth-order valence-electron chi connectivity index (χ4n) is 1.77. The molecule has 17 heavy (non-hydrogen) atoms. The Morgan fingerprint density at radius 3 is 2.18 bits per heavy atom. The smallest absolute Gasteiger partial charge is 0.128 e. The first kappa shape index (κ1) is 13.8. The molecule has 0 aliphatic rings. The van der Waals surface area contributed by atoms with Crippen LogP contribution >= 0.6 is 0 Å². The molecule has 0 bridgehead atoms. The predicted octanol–water partition coefficient (Wildman–Crippen LogP) is 2.39. The van der Waals surface area contributed by atoms with Crippen molar-refractivity contribution in [1.82, 2.24) is 0 Å². The van der Waals surface area contributed by atoms with Gasteiger partial charge < -0.3 is 9.47 Å². The van der Waals surface area contributed by atoms with Crippen molar-refractivity contribution in [2.24, 2.45) is 5.90 Å². The molecule has 2 N–H and O–H groups in total. The fourth-order valence-corrected chi connectivity index (χ4v) is 1.77. The topological polar surface area (TPSA) is 53.7 Å². The first-order valence-electron chi connectivity index (χ1n) is 5.51. The summed E-state index contributed by atoms with van der Waals surface area (Å²) in [7, 11) is 3.29. The molecule has 0 saturated heterocycles. The monoisotopic (exact) mass is 239 g/mol. The molecule has 0 aromatic heterocycles. The molecular formula is C13H21NO3. The number of benzene rings is 1. The maximum absolute atomic E-state index is 5.46. The lowest BCUT2D eigenvalue weighted by atomic mass is 9.85. The normalized spacial score (nSPS) is 11.4. The molecule has 0 saturated carbocycles. The molecule has 0 atom stereocenters. The maximum Gasteiger partial charge on any atom is 0.128 e. The molecule has 0 aliphatic heterocycles. The van der Waals surface area contributed by atoms with Gasteiger partial charge in [-0.15, -0.1) is 0 Å². The van der Waals surface area contributed by atoms with Gasteiger partial charge in [0.25, 0.3) is 0 Å². The molecule has 1 aromatic carbocycles. The van der Waals surface area contributed by atoms with Crippen LogP contribution in [0.15, 0.2) is 12.1 Å². The zero-order valence-electron chi connectivity index (χ0n) is 11.2. The Kier molecular flexibility index (Phi) is 4.37. The van der Waals surface area contributed by atoms with Crippen LogP contribution in [0.1, 0.15) is 31.9 Å². The third-order valence-corrected chi connectivity index (χ3v) is 2.63. The standard InChI is InChI=1S/C13H21NO3/c1-13(2,3)11-7-10(15-4)6-9(8-17-14)12(11)16-5/h6-7H,8,14H2,1-5H3. The fraction of sp³-hybridized carbons (Fsp3) is 0.538. The van der Waals surface area contributed by atoms with Crippen molar-refractivity contribution in [3.05, 3.63) is 23.3 Å². The zero-order valence-corrected chi connectivity index (χ0v) is 11.2. The molecule has 0 spiro atoms. The van der Waals surface area contributed by atoms with Gasteiger partial charge in [-0.25, -0.2) is 5.90 Å². The van der Waals surface area contributed by atoms with Gasteiger partial charge in [0.15, 0.2) is 0 Å². The van der Waals surface area contributed by atoms with Crippen LogP contribution in [0.3, 0.4) is 0 Å². The van der Waals surface area contributed by atoms with Gasteiger partial charge >= 0.3 is 0 Å². The highest BCUT2D eigenvalue weighted by atomic mass is 16.6. The van der Waals surface area contributed by atoms with Gasteiger partial charge in [-0.2, -0.15) is 0 Å². The lowest BCUT2D eigenvalue weighted by Gasteiger charge is -2.24. The first-order valence-corrected chi connectivity index (χ1v) is 5.51. The van der Waals surface area contributed by atoms with E-state index < -0.39 is 0 Å². The van der Waals surface area contributed by atoms with Gasteiger partial charge in [-0.05, 0) is 17.5 Å². The summed E-state index contributed by atoms with van der Waals surface area (Å²) in [5.74, 6) is 6.73. The lowest BCUT2D eigenvalue weighted by Crippen LogP contribution is -2.15. The van der Waals surface area contributed by atoms with Crippen LogP contribution < -0.4 is 15.4 Å². The molecule has 0 radical (unpaired) electrons. The number of rotatable bonds is 4. The Hall–Kier alpha value is -1.26. The average molecular weight is 239 g/mol. The van der Waals surface area contributed by atoms with Crippen molar-refractivity contribution in [1.29, 1.82) is 0 Å². The molecular weight excluding hydrogens is 218 g/mol. The molecule has 1 rings (SSSR count). The molecule has 0 aliphatic carbocycles. The number of nitrogens with two attached hydrogens (primary N) is 1. The van der Waals surface area contributed by atoms with Crippen molar-refractivity contribution in [2.75, 3.05) is 14.2 Å². The van der Waals surface area contributed by atoms with Crippen LogP contribution in [0.4, 0.5) is 0 Å². The number of ether oxygens (including phenoxy) is 2. The number of hydrogen-bond donors (Lipinski definition) is 1. The molecule has 0 fully saturated rings. The summed E-state index contributed by atoms with van der Waals surface area (Å²) in [6, 6.07) is 3.86. The van der Waals surface area contributed by atoms with Gasteiger partial charge in [-0.3, -0.25) is 4.84 Å². The minimum atomic E-state index is -0.0385. The van der Waals surface area contributed by atoms with Crippen molar-refractivity contribution >= 4 is 0 Å².